The van der Waals surface area contributed by atoms with Crippen LogP contribution in [0.25, 0.3) is 0 Å². The number of nitro benzene ring substituents is 1. The lowest BCUT2D eigenvalue weighted by atomic mass is 10.2. The Balaban J connectivity index is 2.05. The van der Waals surface area contributed by atoms with E-state index in [1.54, 1.807) is 24.3 Å². The summed E-state index contributed by atoms with van der Waals surface area (Å²) in [4.78, 5) is 33.4. The third kappa shape index (κ3) is 5.00. The fourth-order valence-electron chi connectivity index (χ4n) is 2.06. The van der Waals surface area contributed by atoms with Crippen molar-refractivity contribution >= 4 is 28.9 Å². The highest BCUT2D eigenvalue weighted by molar-refractivity contribution is 5.94. The lowest BCUT2D eigenvalue weighted by Crippen LogP contribution is -2.30. The number of benzene rings is 2. The largest absolute Gasteiger partial charge is 0.474 e. The quantitative estimate of drug-likeness (QED) is 0.607. The van der Waals surface area contributed by atoms with E-state index in [0.29, 0.717) is 11.4 Å². The van der Waals surface area contributed by atoms with E-state index in [9.17, 15) is 24.1 Å². The molecule has 0 aliphatic rings. The predicted molar refractivity (Wildman–Crippen MR) is 92.5 cm³/mol. The Morgan fingerprint density at radius 1 is 1.12 bits per heavy atom. The summed E-state index contributed by atoms with van der Waals surface area (Å²) in [5.74, 6) is -1.85. The number of carbonyl (C=O) groups is 2. The minimum atomic E-state index is -1.11. The summed E-state index contributed by atoms with van der Waals surface area (Å²) >= 11 is 0. The summed E-state index contributed by atoms with van der Waals surface area (Å²) in [6.45, 7) is 2.76. The van der Waals surface area contributed by atoms with Gasteiger partial charge in [-0.05, 0) is 37.3 Å². The Morgan fingerprint density at radius 3 is 2.23 bits per heavy atom. The van der Waals surface area contributed by atoms with Crippen molar-refractivity contribution in [1.82, 2.24) is 0 Å². The van der Waals surface area contributed by atoms with E-state index in [1.165, 1.54) is 13.8 Å². The zero-order valence-corrected chi connectivity index (χ0v) is 14.0. The predicted octanol–water partition coefficient (Wildman–Crippen LogP) is 3.10. The molecule has 8 nitrogen and oxygen atoms in total. The molecular formula is C17H16FN3O5. The first-order valence-electron chi connectivity index (χ1n) is 7.55. The van der Waals surface area contributed by atoms with Gasteiger partial charge in [-0.3, -0.25) is 19.7 Å². The van der Waals surface area contributed by atoms with Gasteiger partial charge in [-0.1, -0.05) is 0 Å². The average Bonchev–Trinajstić information content (AvgIpc) is 2.55. The molecule has 2 rings (SSSR count). The van der Waals surface area contributed by atoms with Gasteiger partial charge in [0, 0.05) is 30.4 Å². The molecule has 0 aliphatic carbocycles. The van der Waals surface area contributed by atoms with Crippen LogP contribution in [0.5, 0.6) is 5.75 Å². The van der Waals surface area contributed by atoms with E-state index in [1.807, 2.05) is 0 Å². The molecule has 2 aromatic carbocycles. The monoisotopic (exact) mass is 361 g/mol. The van der Waals surface area contributed by atoms with Gasteiger partial charge in [-0.25, -0.2) is 4.39 Å². The van der Waals surface area contributed by atoms with Crippen molar-refractivity contribution in [1.29, 1.82) is 0 Å². The number of nitro groups is 1. The van der Waals surface area contributed by atoms with Crippen LogP contribution in [0, 0.1) is 15.9 Å². The highest BCUT2D eigenvalue weighted by Gasteiger charge is 2.22. The topological polar surface area (TPSA) is 111 Å². The van der Waals surface area contributed by atoms with Gasteiger partial charge >= 0.3 is 5.69 Å². The number of anilines is 2. The molecule has 0 spiro atoms. The van der Waals surface area contributed by atoms with Crippen molar-refractivity contribution in [3.05, 3.63) is 58.4 Å². The molecular weight excluding hydrogens is 345 g/mol. The molecule has 2 N–H and O–H groups in total. The maximum Gasteiger partial charge on any atom is 0.311 e. The molecule has 0 aromatic heterocycles. The normalized spacial score (nSPS) is 11.3. The summed E-state index contributed by atoms with van der Waals surface area (Å²) in [6, 6.07) is 9.09. The van der Waals surface area contributed by atoms with E-state index in [0.717, 1.165) is 18.2 Å². The van der Waals surface area contributed by atoms with Crippen LogP contribution in [-0.4, -0.2) is 22.8 Å². The number of hydrogen-bond donors (Lipinski definition) is 2. The molecule has 0 aliphatic heterocycles. The number of ether oxygens (including phenoxy) is 1. The van der Waals surface area contributed by atoms with E-state index >= 15 is 0 Å². The van der Waals surface area contributed by atoms with E-state index in [4.69, 9.17) is 4.74 Å². The lowest BCUT2D eigenvalue weighted by molar-refractivity contribution is -0.386. The standard InChI is InChI=1S/C17H16FN3O5/c1-10(26-16-9-12(18)3-8-15(16)21(24)25)17(23)20-14-6-4-13(5-7-14)19-11(2)22/h3-10H,1-2H3,(H,19,22)(H,20,23)/t10-/m0/s1. The molecule has 0 fully saturated rings. The molecule has 136 valence electrons. The number of carbonyl (C=O) groups excluding carboxylic acids is 2. The summed E-state index contributed by atoms with van der Waals surface area (Å²) in [7, 11) is 0. The zero-order chi connectivity index (χ0) is 19.3. The fourth-order valence-corrected chi connectivity index (χ4v) is 2.06. The highest BCUT2D eigenvalue weighted by atomic mass is 19.1. The Hall–Kier alpha value is -3.49. The van der Waals surface area contributed by atoms with Crippen molar-refractivity contribution in [2.75, 3.05) is 10.6 Å². The minimum Gasteiger partial charge on any atom is -0.474 e. The smallest absolute Gasteiger partial charge is 0.311 e. The van der Waals surface area contributed by atoms with Crippen LogP contribution >= 0.6 is 0 Å². The number of nitrogens with zero attached hydrogens (tertiary/aromatic N) is 1. The molecule has 9 heteroatoms. The molecule has 0 unspecified atom stereocenters. The molecule has 0 bridgehead atoms. The number of rotatable bonds is 6. The second kappa shape index (κ2) is 8.06. The maximum absolute atomic E-state index is 13.3. The lowest BCUT2D eigenvalue weighted by Gasteiger charge is -2.15. The van der Waals surface area contributed by atoms with Crippen LogP contribution < -0.4 is 15.4 Å². The van der Waals surface area contributed by atoms with Crippen LogP contribution in [0.15, 0.2) is 42.5 Å². The maximum atomic E-state index is 13.3. The second-order valence-corrected chi connectivity index (χ2v) is 5.38. The summed E-state index contributed by atoms with van der Waals surface area (Å²) < 4.78 is 18.6. The van der Waals surface area contributed by atoms with Crippen molar-refractivity contribution in [2.24, 2.45) is 0 Å². The van der Waals surface area contributed by atoms with Gasteiger partial charge in [-0.2, -0.15) is 0 Å². The number of amides is 2. The first kappa shape index (κ1) is 18.8. The van der Waals surface area contributed by atoms with Crippen LogP contribution in [0.2, 0.25) is 0 Å². The highest BCUT2D eigenvalue weighted by Crippen LogP contribution is 2.28. The fraction of sp³-hybridized carbons (Fsp3) is 0.176. The van der Waals surface area contributed by atoms with Crippen LogP contribution in [-0.2, 0) is 9.59 Å². The molecule has 0 saturated carbocycles. The Morgan fingerprint density at radius 2 is 1.69 bits per heavy atom. The van der Waals surface area contributed by atoms with E-state index < -0.39 is 28.4 Å². The van der Waals surface area contributed by atoms with Crippen molar-refractivity contribution in [2.45, 2.75) is 20.0 Å². The molecule has 0 heterocycles. The molecule has 0 saturated heterocycles. The first-order chi connectivity index (χ1) is 12.3. The van der Waals surface area contributed by atoms with Gasteiger partial charge in [0.15, 0.2) is 6.10 Å². The molecule has 2 aromatic rings. The van der Waals surface area contributed by atoms with Crippen molar-refractivity contribution < 1.29 is 23.6 Å². The van der Waals surface area contributed by atoms with Crippen LogP contribution in [0.4, 0.5) is 21.5 Å². The van der Waals surface area contributed by atoms with Gasteiger partial charge in [0.1, 0.15) is 5.82 Å². The van der Waals surface area contributed by atoms with Crippen LogP contribution in [0.3, 0.4) is 0 Å². The molecule has 1 atom stereocenters. The van der Waals surface area contributed by atoms with E-state index in [-0.39, 0.29) is 11.7 Å². The van der Waals surface area contributed by atoms with Gasteiger partial charge in [0.25, 0.3) is 5.91 Å². The Kier molecular flexibility index (Phi) is 5.84. The second-order valence-electron chi connectivity index (χ2n) is 5.38. The third-order valence-electron chi connectivity index (χ3n) is 3.26. The summed E-state index contributed by atoms with van der Waals surface area (Å²) in [6.07, 6.45) is -1.11. The molecule has 0 radical (unpaired) electrons. The molecule has 26 heavy (non-hydrogen) atoms. The Labute approximate surface area is 148 Å². The zero-order valence-electron chi connectivity index (χ0n) is 14.0. The van der Waals surface area contributed by atoms with E-state index in [2.05, 4.69) is 10.6 Å². The van der Waals surface area contributed by atoms with Gasteiger partial charge in [0.05, 0.1) is 4.92 Å². The SMILES string of the molecule is CC(=O)Nc1ccc(NC(=O)[C@H](C)Oc2cc(F)ccc2[N+](=O)[O-])cc1. The Bertz CT molecular complexity index is 839. The summed E-state index contributed by atoms with van der Waals surface area (Å²) in [5.41, 5.74) is 0.564. The minimum absolute atomic E-state index is 0.222. The van der Waals surface area contributed by atoms with Crippen molar-refractivity contribution in [3.63, 3.8) is 0 Å². The number of hydrogen-bond acceptors (Lipinski definition) is 5. The van der Waals surface area contributed by atoms with Crippen molar-refractivity contribution in [3.8, 4) is 5.75 Å². The first-order valence-corrected chi connectivity index (χ1v) is 7.55. The van der Waals surface area contributed by atoms with Gasteiger partial charge in [0.2, 0.25) is 11.7 Å². The third-order valence-corrected chi connectivity index (χ3v) is 3.26. The van der Waals surface area contributed by atoms with Gasteiger partial charge < -0.3 is 15.4 Å². The number of nitrogens with one attached hydrogen (secondary N) is 2. The average molecular weight is 361 g/mol. The van der Waals surface area contributed by atoms with Gasteiger partial charge in [-0.15, -0.1) is 0 Å². The summed E-state index contributed by atoms with van der Waals surface area (Å²) in [5, 5.41) is 16.1. The van der Waals surface area contributed by atoms with Crippen LogP contribution in [0.1, 0.15) is 13.8 Å². The number of halogens is 1. The molecule has 2 amide bonds.